The summed E-state index contributed by atoms with van der Waals surface area (Å²) in [6.45, 7) is 0.542. The number of carbonyl (C=O) groups excluding carboxylic acids is 1. The van der Waals surface area contributed by atoms with Gasteiger partial charge in [-0.3, -0.25) is 4.79 Å². The molecular weight excluding hydrogens is 292 g/mol. The molecule has 1 heterocycles. The summed E-state index contributed by atoms with van der Waals surface area (Å²) in [5, 5.41) is 12.4. The molecule has 0 spiro atoms. The molecule has 5 heteroatoms. The first kappa shape index (κ1) is 15.2. The summed E-state index contributed by atoms with van der Waals surface area (Å²) in [5.41, 5.74) is 1.95. The van der Waals surface area contributed by atoms with E-state index in [0.29, 0.717) is 25.1 Å². The Bertz CT molecular complexity index is 688. The van der Waals surface area contributed by atoms with E-state index < -0.39 is 0 Å². The SMILES string of the molecule is CN1c2ccc(O)cc2OC1CCNC(=O)Cc1ccccc1. The zero-order valence-electron chi connectivity index (χ0n) is 13.0. The van der Waals surface area contributed by atoms with E-state index in [1.165, 1.54) is 0 Å². The first-order valence-electron chi connectivity index (χ1n) is 7.66. The molecule has 0 aromatic heterocycles. The number of benzene rings is 2. The normalized spacial score (nSPS) is 15.9. The van der Waals surface area contributed by atoms with Crippen molar-refractivity contribution in [1.82, 2.24) is 5.32 Å². The molecule has 1 amide bonds. The van der Waals surface area contributed by atoms with Crippen LogP contribution in [0, 0.1) is 0 Å². The van der Waals surface area contributed by atoms with Gasteiger partial charge in [0.1, 0.15) is 11.5 Å². The van der Waals surface area contributed by atoms with E-state index in [1.54, 1.807) is 12.1 Å². The summed E-state index contributed by atoms with van der Waals surface area (Å²) < 4.78 is 5.81. The molecule has 2 aromatic rings. The van der Waals surface area contributed by atoms with E-state index in [0.717, 1.165) is 11.3 Å². The van der Waals surface area contributed by atoms with E-state index in [1.807, 2.05) is 48.3 Å². The van der Waals surface area contributed by atoms with E-state index >= 15 is 0 Å². The van der Waals surface area contributed by atoms with Gasteiger partial charge in [0.15, 0.2) is 6.23 Å². The monoisotopic (exact) mass is 312 g/mol. The Morgan fingerprint density at radius 2 is 2.04 bits per heavy atom. The lowest BCUT2D eigenvalue weighted by molar-refractivity contribution is -0.120. The van der Waals surface area contributed by atoms with Crippen molar-refractivity contribution < 1.29 is 14.6 Å². The first-order valence-corrected chi connectivity index (χ1v) is 7.66. The van der Waals surface area contributed by atoms with E-state index in [4.69, 9.17) is 4.74 Å². The highest BCUT2D eigenvalue weighted by atomic mass is 16.5. The number of nitrogens with zero attached hydrogens (tertiary/aromatic N) is 1. The number of phenols is 1. The number of hydrogen-bond donors (Lipinski definition) is 2. The number of nitrogens with one attached hydrogen (secondary N) is 1. The smallest absolute Gasteiger partial charge is 0.224 e. The topological polar surface area (TPSA) is 61.8 Å². The van der Waals surface area contributed by atoms with E-state index in [-0.39, 0.29) is 17.9 Å². The second kappa shape index (κ2) is 6.60. The van der Waals surface area contributed by atoms with Crippen molar-refractivity contribution in [2.24, 2.45) is 0 Å². The van der Waals surface area contributed by atoms with Crippen molar-refractivity contribution in [3.8, 4) is 11.5 Å². The van der Waals surface area contributed by atoms with Gasteiger partial charge in [-0.15, -0.1) is 0 Å². The molecule has 2 aromatic carbocycles. The van der Waals surface area contributed by atoms with Crippen LogP contribution >= 0.6 is 0 Å². The van der Waals surface area contributed by atoms with Crippen LogP contribution < -0.4 is 15.0 Å². The van der Waals surface area contributed by atoms with Crippen molar-refractivity contribution >= 4 is 11.6 Å². The number of hydrogen-bond acceptors (Lipinski definition) is 4. The summed E-state index contributed by atoms with van der Waals surface area (Å²) in [5.74, 6) is 0.870. The van der Waals surface area contributed by atoms with Gasteiger partial charge >= 0.3 is 0 Å². The number of rotatable bonds is 5. The number of amides is 1. The van der Waals surface area contributed by atoms with Crippen LogP contribution in [0.4, 0.5) is 5.69 Å². The Balaban J connectivity index is 1.47. The van der Waals surface area contributed by atoms with Gasteiger partial charge in [-0.2, -0.15) is 0 Å². The fourth-order valence-corrected chi connectivity index (χ4v) is 2.70. The summed E-state index contributed by atoms with van der Waals surface area (Å²) >= 11 is 0. The molecule has 1 atom stereocenters. The Kier molecular flexibility index (Phi) is 4.37. The second-order valence-electron chi connectivity index (χ2n) is 5.64. The minimum atomic E-state index is -0.135. The van der Waals surface area contributed by atoms with Crippen LogP contribution in [0.15, 0.2) is 48.5 Å². The fourth-order valence-electron chi connectivity index (χ4n) is 2.70. The number of ether oxygens (including phenoxy) is 1. The molecule has 120 valence electrons. The molecule has 0 saturated carbocycles. The van der Waals surface area contributed by atoms with E-state index in [9.17, 15) is 9.90 Å². The van der Waals surface area contributed by atoms with Crippen molar-refractivity contribution in [3.05, 3.63) is 54.1 Å². The van der Waals surface area contributed by atoms with Crippen LogP contribution in [0.5, 0.6) is 11.5 Å². The maximum absolute atomic E-state index is 11.9. The maximum atomic E-state index is 11.9. The molecule has 2 N–H and O–H groups in total. The van der Waals surface area contributed by atoms with Crippen LogP contribution in [0.1, 0.15) is 12.0 Å². The number of phenolic OH excluding ortho intramolecular Hbond substituents is 1. The lowest BCUT2D eigenvalue weighted by Gasteiger charge is -2.20. The van der Waals surface area contributed by atoms with Gasteiger partial charge < -0.3 is 20.1 Å². The standard InChI is InChI=1S/C18H20N2O3/c1-20-15-8-7-14(21)12-16(15)23-18(20)9-10-19-17(22)11-13-5-3-2-4-6-13/h2-8,12,18,21H,9-11H2,1H3,(H,19,22). The number of carbonyl (C=O) groups is 1. The van der Waals surface area contributed by atoms with Crippen molar-refractivity contribution in [2.75, 3.05) is 18.5 Å². The highest BCUT2D eigenvalue weighted by molar-refractivity contribution is 5.78. The van der Waals surface area contributed by atoms with Gasteiger partial charge in [-0.1, -0.05) is 30.3 Å². The number of anilines is 1. The molecule has 1 aliphatic heterocycles. The maximum Gasteiger partial charge on any atom is 0.224 e. The highest BCUT2D eigenvalue weighted by Crippen LogP contribution is 2.38. The molecule has 23 heavy (non-hydrogen) atoms. The van der Waals surface area contributed by atoms with Crippen molar-refractivity contribution in [2.45, 2.75) is 19.1 Å². The minimum Gasteiger partial charge on any atom is -0.508 e. The number of fused-ring (bicyclic) bond motifs is 1. The molecule has 0 aliphatic carbocycles. The van der Waals surface area contributed by atoms with Gasteiger partial charge in [0.2, 0.25) is 5.91 Å². The lowest BCUT2D eigenvalue weighted by Crippen LogP contribution is -2.36. The average Bonchev–Trinajstić information content (AvgIpc) is 2.84. The van der Waals surface area contributed by atoms with Crippen LogP contribution in [0.2, 0.25) is 0 Å². The Labute approximate surface area is 135 Å². The zero-order chi connectivity index (χ0) is 16.2. The predicted octanol–water partition coefficient (Wildman–Crippen LogP) is 2.30. The van der Waals surface area contributed by atoms with Gasteiger partial charge in [0.25, 0.3) is 0 Å². The Morgan fingerprint density at radius 3 is 2.83 bits per heavy atom. The molecule has 5 nitrogen and oxygen atoms in total. The van der Waals surface area contributed by atoms with Gasteiger partial charge in [-0.05, 0) is 17.7 Å². The van der Waals surface area contributed by atoms with Gasteiger partial charge in [0, 0.05) is 26.1 Å². The molecule has 0 fully saturated rings. The minimum absolute atomic E-state index is 0.00649. The third kappa shape index (κ3) is 3.56. The third-order valence-electron chi connectivity index (χ3n) is 3.94. The molecule has 0 bridgehead atoms. The summed E-state index contributed by atoms with van der Waals surface area (Å²) in [4.78, 5) is 13.9. The summed E-state index contributed by atoms with van der Waals surface area (Å²) in [6.07, 6.45) is 0.923. The predicted molar refractivity (Wildman–Crippen MR) is 88.7 cm³/mol. The summed E-state index contributed by atoms with van der Waals surface area (Å²) in [7, 11) is 1.94. The zero-order valence-corrected chi connectivity index (χ0v) is 13.0. The Morgan fingerprint density at radius 1 is 1.26 bits per heavy atom. The number of aromatic hydroxyl groups is 1. The van der Waals surface area contributed by atoms with Gasteiger partial charge in [-0.25, -0.2) is 0 Å². The van der Waals surface area contributed by atoms with E-state index in [2.05, 4.69) is 5.32 Å². The van der Waals surface area contributed by atoms with Gasteiger partial charge in [0.05, 0.1) is 12.1 Å². The average molecular weight is 312 g/mol. The molecule has 0 radical (unpaired) electrons. The van der Waals surface area contributed by atoms with Crippen LogP contribution in [-0.2, 0) is 11.2 Å². The highest BCUT2D eigenvalue weighted by Gasteiger charge is 2.27. The molecule has 3 rings (SSSR count). The second-order valence-corrected chi connectivity index (χ2v) is 5.64. The lowest BCUT2D eigenvalue weighted by atomic mass is 10.1. The van der Waals surface area contributed by atoms with Crippen molar-refractivity contribution in [3.63, 3.8) is 0 Å². The fraction of sp³-hybridized carbons (Fsp3) is 0.278. The summed E-state index contributed by atoms with van der Waals surface area (Å²) in [6, 6.07) is 14.8. The van der Waals surface area contributed by atoms with Crippen LogP contribution in [0.25, 0.3) is 0 Å². The Hall–Kier alpha value is -2.69. The first-order chi connectivity index (χ1) is 11.1. The van der Waals surface area contributed by atoms with Crippen molar-refractivity contribution in [1.29, 1.82) is 0 Å². The molecule has 1 unspecified atom stereocenters. The van der Waals surface area contributed by atoms with Crippen LogP contribution in [0.3, 0.4) is 0 Å². The third-order valence-corrected chi connectivity index (χ3v) is 3.94. The molecule has 1 aliphatic rings. The molecule has 0 saturated heterocycles. The van der Waals surface area contributed by atoms with Crippen LogP contribution in [-0.4, -0.2) is 30.8 Å². The molecular formula is C18H20N2O3. The quantitative estimate of drug-likeness (QED) is 0.889. The largest absolute Gasteiger partial charge is 0.508 e.